The number of carbonyl (C=O) groups excluding carboxylic acids is 1. The minimum absolute atomic E-state index is 0.0336. The molecule has 2 N–H and O–H groups in total. The molecule has 0 spiro atoms. The molecule has 1 aliphatic rings. The molecule has 2 aromatic rings. The van der Waals surface area contributed by atoms with Gasteiger partial charge in [-0.2, -0.15) is 0 Å². The highest BCUT2D eigenvalue weighted by molar-refractivity contribution is 5.96. The maximum atomic E-state index is 12.4. The summed E-state index contributed by atoms with van der Waals surface area (Å²) in [6.45, 7) is 1.75. The third-order valence-electron chi connectivity index (χ3n) is 3.80. The number of anilines is 1. The lowest BCUT2D eigenvalue weighted by molar-refractivity contribution is -0.120. The van der Waals surface area contributed by atoms with Gasteiger partial charge in [-0.25, -0.2) is 0 Å². The number of amides is 1. The Balaban J connectivity index is 1.82. The molecule has 0 aliphatic carbocycles. The number of carbonyl (C=O) groups is 1. The van der Waals surface area contributed by atoms with E-state index in [-0.39, 0.29) is 11.8 Å². The van der Waals surface area contributed by atoms with E-state index in [0.717, 1.165) is 43.0 Å². The number of benzene rings is 1. The van der Waals surface area contributed by atoms with Crippen molar-refractivity contribution in [1.29, 1.82) is 0 Å². The molecule has 2 heterocycles. The fourth-order valence-electron chi connectivity index (χ4n) is 2.62. The SMILES string of the molecule is Cn1cnnc1-c1ccccc1NC(=O)[C@@H]1CCCNC1. The minimum atomic E-state index is 0.0336. The number of nitrogens with zero attached hydrogens (tertiary/aromatic N) is 3. The molecule has 0 unspecified atom stereocenters. The summed E-state index contributed by atoms with van der Waals surface area (Å²) in [5, 5.41) is 14.3. The van der Waals surface area contributed by atoms with Gasteiger partial charge in [0.05, 0.1) is 11.6 Å². The molecule has 6 heteroatoms. The zero-order chi connectivity index (χ0) is 14.7. The van der Waals surface area contributed by atoms with Gasteiger partial charge >= 0.3 is 0 Å². The van der Waals surface area contributed by atoms with E-state index in [1.165, 1.54) is 0 Å². The topological polar surface area (TPSA) is 71.8 Å². The predicted octanol–water partition coefficient (Wildman–Crippen LogP) is 1.42. The summed E-state index contributed by atoms with van der Waals surface area (Å²) in [5.41, 5.74) is 1.67. The highest BCUT2D eigenvalue weighted by atomic mass is 16.1. The van der Waals surface area contributed by atoms with Gasteiger partial charge in [0.1, 0.15) is 6.33 Å². The van der Waals surface area contributed by atoms with Crippen LogP contribution in [0.5, 0.6) is 0 Å². The van der Waals surface area contributed by atoms with Crippen LogP contribution in [-0.4, -0.2) is 33.8 Å². The van der Waals surface area contributed by atoms with Crippen LogP contribution in [0.4, 0.5) is 5.69 Å². The Morgan fingerprint density at radius 2 is 2.29 bits per heavy atom. The van der Waals surface area contributed by atoms with Gasteiger partial charge < -0.3 is 15.2 Å². The van der Waals surface area contributed by atoms with Crippen LogP contribution in [0.2, 0.25) is 0 Å². The Kier molecular flexibility index (Phi) is 3.96. The Bertz CT molecular complexity index is 630. The van der Waals surface area contributed by atoms with Crippen molar-refractivity contribution in [2.24, 2.45) is 13.0 Å². The molecule has 6 nitrogen and oxygen atoms in total. The summed E-state index contributed by atoms with van der Waals surface area (Å²) in [5.74, 6) is 0.843. The molecular formula is C15H19N5O. The van der Waals surface area contributed by atoms with Crippen LogP contribution in [0, 0.1) is 5.92 Å². The van der Waals surface area contributed by atoms with Gasteiger partial charge in [0, 0.05) is 19.2 Å². The Morgan fingerprint density at radius 1 is 1.43 bits per heavy atom. The van der Waals surface area contributed by atoms with E-state index >= 15 is 0 Å². The molecule has 1 fully saturated rings. The van der Waals surface area contributed by atoms with Crippen LogP contribution in [0.15, 0.2) is 30.6 Å². The fourth-order valence-corrected chi connectivity index (χ4v) is 2.62. The van der Waals surface area contributed by atoms with Crippen LogP contribution >= 0.6 is 0 Å². The quantitative estimate of drug-likeness (QED) is 0.894. The van der Waals surface area contributed by atoms with Crippen LogP contribution in [0.25, 0.3) is 11.4 Å². The van der Waals surface area contributed by atoms with E-state index < -0.39 is 0 Å². The first-order valence-corrected chi connectivity index (χ1v) is 7.20. The van der Waals surface area contributed by atoms with Gasteiger partial charge in [-0.15, -0.1) is 10.2 Å². The van der Waals surface area contributed by atoms with Gasteiger partial charge in [0.25, 0.3) is 0 Å². The second kappa shape index (κ2) is 6.05. The van der Waals surface area contributed by atoms with Crippen LogP contribution in [0.1, 0.15) is 12.8 Å². The first kappa shape index (κ1) is 13.8. The lowest BCUT2D eigenvalue weighted by Gasteiger charge is -2.22. The highest BCUT2D eigenvalue weighted by Crippen LogP contribution is 2.26. The van der Waals surface area contributed by atoms with E-state index in [2.05, 4.69) is 20.8 Å². The number of nitrogens with one attached hydrogen (secondary N) is 2. The summed E-state index contributed by atoms with van der Waals surface area (Å²) in [4.78, 5) is 12.4. The number of rotatable bonds is 3. The first-order chi connectivity index (χ1) is 10.3. The van der Waals surface area contributed by atoms with Gasteiger partial charge in [0.2, 0.25) is 5.91 Å². The van der Waals surface area contributed by atoms with Gasteiger partial charge in [-0.3, -0.25) is 4.79 Å². The van der Waals surface area contributed by atoms with Crippen molar-refractivity contribution < 1.29 is 4.79 Å². The molecule has 0 saturated carbocycles. The largest absolute Gasteiger partial charge is 0.325 e. The van der Waals surface area contributed by atoms with Crippen molar-refractivity contribution >= 4 is 11.6 Å². The van der Waals surface area contributed by atoms with Crippen molar-refractivity contribution in [3.05, 3.63) is 30.6 Å². The van der Waals surface area contributed by atoms with Crippen molar-refractivity contribution in [3.8, 4) is 11.4 Å². The second-order valence-electron chi connectivity index (χ2n) is 5.34. The summed E-state index contributed by atoms with van der Waals surface area (Å²) < 4.78 is 1.84. The molecule has 21 heavy (non-hydrogen) atoms. The average Bonchev–Trinajstić information content (AvgIpc) is 2.95. The zero-order valence-electron chi connectivity index (χ0n) is 12.0. The van der Waals surface area contributed by atoms with Gasteiger partial charge in [-0.1, -0.05) is 12.1 Å². The molecule has 1 amide bonds. The monoisotopic (exact) mass is 285 g/mol. The molecule has 1 aromatic heterocycles. The second-order valence-corrected chi connectivity index (χ2v) is 5.34. The minimum Gasteiger partial charge on any atom is -0.325 e. The molecule has 1 saturated heterocycles. The smallest absolute Gasteiger partial charge is 0.228 e. The molecule has 0 bridgehead atoms. The fraction of sp³-hybridized carbons (Fsp3) is 0.400. The van der Waals surface area contributed by atoms with Crippen molar-refractivity contribution in [3.63, 3.8) is 0 Å². The predicted molar refractivity (Wildman–Crippen MR) is 80.7 cm³/mol. The maximum Gasteiger partial charge on any atom is 0.228 e. The number of hydrogen-bond acceptors (Lipinski definition) is 4. The molecule has 1 atom stereocenters. The van der Waals surface area contributed by atoms with Crippen LogP contribution in [0.3, 0.4) is 0 Å². The Morgan fingerprint density at radius 3 is 3.00 bits per heavy atom. The standard InChI is InChI=1S/C15H19N5O/c1-20-10-17-19-14(20)12-6-2-3-7-13(12)18-15(21)11-5-4-8-16-9-11/h2-3,6-7,10-11,16H,4-5,8-9H2,1H3,(H,18,21)/t11-/m1/s1. The van der Waals surface area contributed by atoms with E-state index in [0.29, 0.717) is 0 Å². The summed E-state index contributed by atoms with van der Waals surface area (Å²) in [6, 6.07) is 7.69. The highest BCUT2D eigenvalue weighted by Gasteiger charge is 2.22. The molecule has 0 radical (unpaired) electrons. The molecule has 1 aliphatic heterocycles. The normalized spacial score (nSPS) is 18.4. The van der Waals surface area contributed by atoms with E-state index in [1.54, 1.807) is 6.33 Å². The maximum absolute atomic E-state index is 12.4. The molecule has 3 rings (SSSR count). The van der Waals surface area contributed by atoms with Crippen LogP contribution < -0.4 is 10.6 Å². The van der Waals surface area contributed by atoms with E-state index in [1.807, 2.05) is 35.9 Å². The number of piperidine rings is 1. The number of para-hydroxylation sites is 1. The molecule has 1 aromatic carbocycles. The summed E-state index contributed by atoms with van der Waals surface area (Å²) in [6.07, 6.45) is 3.63. The number of aryl methyl sites for hydroxylation is 1. The van der Waals surface area contributed by atoms with Gasteiger partial charge in [0.15, 0.2) is 5.82 Å². The van der Waals surface area contributed by atoms with E-state index in [9.17, 15) is 4.79 Å². The van der Waals surface area contributed by atoms with Crippen LogP contribution in [-0.2, 0) is 11.8 Å². The van der Waals surface area contributed by atoms with Gasteiger partial charge in [-0.05, 0) is 31.5 Å². The zero-order valence-corrected chi connectivity index (χ0v) is 12.0. The van der Waals surface area contributed by atoms with Crippen molar-refractivity contribution in [2.75, 3.05) is 18.4 Å². The summed E-state index contributed by atoms with van der Waals surface area (Å²) >= 11 is 0. The molecular weight excluding hydrogens is 266 g/mol. The lowest BCUT2D eigenvalue weighted by Crippen LogP contribution is -2.37. The average molecular weight is 285 g/mol. The third-order valence-corrected chi connectivity index (χ3v) is 3.80. The Labute approximate surface area is 123 Å². The van der Waals surface area contributed by atoms with Crippen molar-refractivity contribution in [2.45, 2.75) is 12.8 Å². The van der Waals surface area contributed by atoms with Crippen molar-refractivity contribution in [1.82, 2.24) is 20.1 Å². The lowest BCUT2D eigenvalue weighted by atomic mass is 9.98. The Hall–Kier alpha value is -2.21. The number of aromatic nitrogens is 3. The first-order valence-electron chi connectivity index (χ1n) is 7.20. The van der Waals surface area contributed by atoms with E-state index in [4.69, 9.17) is 0 Å². The third kappa shape index (κ3) is 2.95. The molecule has 110 valence electrons. The number of hydrogen-bond donors (Lipinski definition) is 2. The summed E-state index contributed by atoms with van der Waals surface area (Å²) in [7, 11) is 1.89.